The quantitative estimate of drug-likeness (QED) is 0.218. The van der Waals surface area contributed by atoms with E-state index in [1.807, 2.05) is 36.4 Å². The van der Waals surface area contributed by atoms with Crippen molar-refractivity contribution in [3.05, 3.63) is 102 Å². The number of halogens is 1. The summed E-state index contributed by atoms with van der Waals surface area (Å²) in [6.45, 7) is 3.76. The molecule has 0 aliphatic rings. The van der Waals surface area contributed by atoms with Gasteiger partial charge < -0.3 is 14.0 Å². The summed E-state index contributed by atoms with van der Waals surface area (Å²) in [6.07, 6.45) is 0. The number of aromatic amines is 1. The first kappa shape index (κ1) is 23.8. The van der Waals surface area contributed by atoms with Crippen LogP contribution < -0.4 is 5.44 Å². The highest BCUT2D eigenvalue weighted by Gasteiger charge is 2.37. The molecule has 7 heteroatoms. The van der Waals surface area contributed by atoms with E-state index in [1.54, 1.807) is 50.2 Å². The molecular formula is C27H25FNO4P. The zero-order valence-electron chi connectivity index (χ0n) is 19.0. The first-order chi connectivity index (χ1) is 16.5. The molecule has 0 radical (unpaired) electrons. The van der Waals surface area contributed by atoms with Crippen LogP contribution in [0.1, 0.15) is 29.8 Å². The predicted molar refractivity (Wildman–Crippen MR) is 132 cm³/mol. The van der Waals surface area contributed by atoms with Crippen molar-refractivity contribution in [3.63, 3.8) is 0 Å². The maximum atomic E-state index is 14.0. The molecule has 0 amide bonds. The Morgan fingerprint density at radius 2 is 1.38 bits per heavy atom. The second kappa shape index (κ2) is 10.3. The normalized spacial score (nSPS) is 11.5. The minimum Gasteiger partial charge on any atom is -0.347 e. The summed E-state index contributed by atoms with van der Waals surface area (Å²) >= 11 is 0. The van der Waals surface area contributed by atoms with Crippen LogP contribution in [0.15, 0.2) is 84.9 Å². The fraction of sp³-hybridized carbons (Fsp3) is 0.148. The second-order valence-electron chi connectivity index (χ2n) is 7.50. The van der Waals surface area contributed by atoms with Gasteiger partial charge in [0.15, 0.2) is 5.78 Å². The van der Waals surface area contributed by atoms with Crippen molar-refractivity contribution >= 4 is 18.8 Å². The van der Waals surface area contributed by atoms with Crippen LogP contribution in [0.25, 0.3) is 22.4 Å². The Hall–Kier alpha value is -3.31. The third kappa shape index (κ3) is 4.66. The number of carbonyl (C=O) groups is 1. The molecular weight excluding hydrogens is 452 g/mol. The highest BCUT2D eigenvalue weighted by Crippen LogP contribution is 2.51. The largest absolute Gasteiger partial charge is 0.378 e. The predicted octanol–water partition coefficient (Wildman–Crippen LogP) is 6.61. The molecule has 0 fully saturated rings. The number of H-pyrrole nitrogens is 1. The van der Waals surface area contributed by atoms with Crippen molar-refractivity contribution in [1.29, 1.82) is 0 Å². The highest BCUT2D eigenvalue weighted by molar-refractivity contribution is 7.62. The van der Waals surface area contributed by atoms with Crippen LogP contribution in [-0.2, 0) is 13.6 Å². The molecule has 0 spiro atoms. The summed E-state index contributed by atoms with van der Waals surface area (Å²) < 4.78 is 39.0. The molecule has 1 aromatic heterocycles. The molecule has 0 unspecified atom stereocenters. The van der Waals surface area contributed by atoms with E-state index in [1.165, 1.54) is 12.1 Å². The Labute approximate surface area is 198 Å². The fourth-order valence-corrected chi connectivity index (χ4v) is 5.65. The summed E-state index contributed by atoms with van der Waals surface area (Å²) in [5, 5.41) is 0. The van der Waals surface area contributed by atoms with Gasteiger partial charge in [-0.25, -0.2) is 4.39 Å². The van der Waals surface area contributed by atoms with Gasteiger partial charge in [-0.2, -0.15) is 0 Å². The molecule has 3 aromatic carbocycles. The zero-order chi connectivity index (χ0) is 24.1. The Morgan fingerprint density at radius 3 is 1.94 bits per heavy atom. The zero-order valence-corrected chi connectivity index (χ0v) is 19.8. The average Bonchev–Trinajstić information content (AvgIpc) is 3.27. The number of ketones is 1. The summed E-state index contributed by atoms with van der Waals surface area (Å²) in [5.74, 6) is -0.662. The van der Waals surface area contributed by atoms with Crippen LogP contribution in [0.3, 0.4) is 0 Å². The van der Waals surface area contributed by atoms with E-state index in [4.69, 9.17) is 9.05 Å². The third-order valence-corrected chi connectivity index (χ3v) is 7.39. The van der Waals surface area contributed by atoms with Gasteiger partial charge in [0.05, 0.1) is 24.5 Å². The van der Waals surface area contributed by atoms with Crippen LogP contribution in [0, 0.1) is 5.82 Å². The van der Waals surface area contributed by atoms with E-state index in [0.29, 0.717) is 33.5 Å². The number of carbonyl (C=O) groups excluding carboxylic acids is 1. The van der Waals surface area contributed by atoms with E-state index in [0.717, 1.165) is 0 Å². The Morgan fingerprint density at radius 1 is 0.824 bits per heavy atom. The molecule has 0 bridgehead atoms. The lowest BCUT2D eigenvalue weighted by atomic mass is 9.93. The van der Waals surface area contributed by atoms with Gasteiger partial charge in [-0.15, -0.1) is 0 Å². The first-order valence-corrected chi connectivity index (χ1v) is 12.6. The Balaban J connectivity index is 2.09. The minimum absolute atomic E-state index is 0.151. The third-order valence-electron chi connectivity index (χ3n) is 5.31. The van der Waals surface area contributed by atoms with Crippen LogP contribution in [0.2, 0.25) is 0 Å². The van der Waals surface area contributed by atoms with Crippen molar-refractivity contribution in [2.45, 2.75) is 13.8 Å². The van der Waals surface area contributed by atoms with Crippen molar-refractivity contribution in [2.75, 3.05) is 13.2 Å². The molecule has 0 atom stereocenters. The number of hydrogen-bond donors (Lipinski definition) is 1. The van der Waals surface area contributed by atoms with E-state index in [-0.39, 0.29) is 24.4 Å². The molecule has 5 nitrogen and oxygen atoms in total. The fourth-order valence-electron chi connectivity index (χ4n) is 3.88. The minimum atomic E-state index is -3.82. The van der Waals surface area contributed by atoms with Gasteiger partial charge in [0.1, 0.15) is 11.3 Å². The monoisotopic (exact) mass is 477 g/mol. The first-order valence-electron chi connectivity index (χ1n) is 11.0. The van der Waals surface area contributed by atoms with Gasteiger partial charge in [-0.05, 0) is 49.2 Å². The van der Waals surface area contributed by atoms with E-state index < -0.39 is 13.4 Å². The summed E-state index contributed by atoms with van der Waals surface area (Å²) in [7, 11) is -3.82. The molecule has 0 saturated heterocycles. The smallest absolute Gasteiger partial charge is 0.347 e. The van der Waals surface area contributed by atoms with Gasteiger partial charge in [0.2, 0.25) is 0 Å². The van der Waals surface area contributed by atoms with Crippen molar-refractivity contribution in [1.82, 2.24) is 4.98 Å². The number of aromatic nitrogens is 1. The van der Waals surface area contributed by atoms with E-state index in [2.05, 4.69) is 4.98 Å². The van der Waals surface area contributed by atoms with Gasteiger partial charge in [0, 0.05) is 11.1 Å². The second-order valence-corrected chi connectivity index (χ2v) is 9.46. The van der Waals surface area contributed by atoms with Crippen LogP contribution in [0.5, 0.6) is 0 Å². The van der Waals surface area contributed by atoms with E-state index >= 15 is 0 Å². The molecule has 0 aliphatic carbocycles. The lowest BCUT2D eigenvalue weighted by molar-refractivity contribution is 0.104. The van der Waals surface area contributed by atoms with Gasteiger partial charge in [-0.3, -0.25) is 9.36 Å². The Kier molecular flexibility index (Phi) is 7.23. The number of benzene rings is 3. The maximum Gasteiger partial charge on any atom is 0.378 e. The molecule has 0 saturated carbocycles. The van der Waals surface area contributed by atoms with E-state index in [9.17, 15) is 13.8 Å². The molecule has 0 aliphatic heterocycles. The molecule has 4 rings (SSSR count). The average molecular weight is 477 g/mol. The lowest BCUT2D eigenvalue weighted by Crippen LogP contribution is -2.15. The summed E-state index contributed by atoms with van der Waals surface area (Å²) in [5.41, 5.74) is 3.10. The molecule has 1 heterocycles. The summed E-state index contributed by atoms with van der Waals surface area (Å²) in [6, 6.07) is 23.9. The van der Waals surface area contributed by atoms with Gasteiger partial charge in [-0.1, -0.05) is 60.7 Å². The highest BCUT2D eigenvalue weighted by atomic mass is 31.2. The lowest BCUT2D eigenvalue weighted by Gasteiger charge is -2.18. The van der Waals surface area contributed by atoms with Gasteiger partial charge >= 0.3 is 7.60 Å². The number of hydrogen-bond acceptors (Lipinski definition) is 4. The molecule has 4 aromatic rings. The number of nitrogens with one attached hydrogen (secondary N) is 1. The standard InChI is InChI=1S/C27H25FNO4P/c1-3-32-34(31,33-4-2)27-23(19-11-7-5-8-12-19)24(26(30)21-13-9-6-10-14-21)25(29-27)20-15-17-22(28)18-16-20/h5-18,29H,3-4H2,1-2H3. The molecule has 174 valence electrons. The van der Waals surface area contributed by atoms with Crippen LogP contribution >= 0.6 is 7.60 Å². The molecule has 1 N–H and O–H groups in total. The van der Waals surface area contributed by atoms with Gasteiger partial charge in [0.25, 0.3) is 0 Å². The van der Waals surface area contributed by atoms with Crippen LogP contribution in [0.4, 0.5) is 4.39 Å². The Bertz CT molecular complexity index is 1310. The van der Waals surface area contributed by atoms with Crippen LogP contribution in [-0.4, -0.2) is 24.0 Å². The van der Waals surface area contributed by atoms with Crippen molar-refractivity contribution in [2.24, 2.45) is 0 Å². The van der Waals surface area contributed by atoms with Crippen molar-refractivity contribution in [3.8, 4) is 22.4 Å². The SMILES string of the molecule is CCOP(=O)(OCC)c1[nH]c(-c2ccc(F)cc2)c(C(=O)c2ccccc2)c1-c1ccccc1. The summed E-state index contributed by atoms with van der Waals surface area (Å²) in [4.78, 5) is 17.1. The maximum absolute atomic E-state index is 14.0. The topological polar surface area (TPSA) is 68.4 Å². The van der Waals surface area contributed by atoms with Crippen molar-refractivity contribution < 1.29 is 22.8 Å². The molecule has 34 heavy (non-hydrogen) atoms. The number of rotatable bonds is 9.